The molecule has 0 rings (SSSR count). The molecular weight excluding hydrogens is 254 g/mol. The first kappa shape index (κ1) is 24.6. The van der Waals surface area contributed by atoms with Crippen molar-refractivity contribution in [3.8, 4) is 0 Å². The highest BCUT2D eigenvalue weighted by molar-refractivity contribution is 5.75. The fraction of sp³-hybridized carbons (Fsp3) is 0.938. The first-order valence-electron chi connectivity index (χ1n) is 7.69. The van der Waals surface area contributed by atoms with Crippen LogP contribution in [0.1, 0.15) is 67.7 Å². The van der Waals surface area contributed by atoms with Crippen molar-refractivity contribution in [3.63, 3.8) is 0 Å². The van der Waals surface area contributed by atoms with Crippen molar-refractivity contribution >= 4 is 5.78 Å². The maximum Gasteiger partial charge on any atom is 0.129 e. The maximum atomic E-state index is 10.3. The largest absolute Gasteiger partial charge is 0.396 e. The Balaban J connectivity index is -0.000000262. The standard InChI is InChI=1S/C7H17NO2.C7H14O.C2H6/c1-7(2,3-5-9)10-6-4-8;1-6(2)4-5-7(3)8;1-2/h9H,3-6,8H2,1-2H3;6H,4-5H2,1-3H3;1-2H3. The lowest BCUT2D eigenvalue weighted by molar-refractivity contribution is -0.117. The summed E-state index contributed by atoms with van der Waals surface area (Å²) >= 11 is 0. The average molecular weight is 291 g/mol. The second-order valence-electron chi connectivity index (χ2n) is 5.50. The van der Waals surface area contributed by atoms with Crippen LogP contribution in [0.15, 0.2) is 0 Å². The Morgan fingerprint density at radius 1 is 1.30 bits per heavy atom. The van der Waals surface area contributed by atoms with Crippen molar-refractivity contribution in [3.05, 3.63) is 0 Å². The second kappa shape index (κ2) is 16.6. The van der Waals surface area contributed by atoms with Gasteiger partial charge in [0, 0.05) is 19.6 Å². The maximum absolute atomic E-state index is 10.3. The Hall–Kier alpha value is -0.450. The minimum absolute atomic E-state index is 0.164. The molecule has 0 aromatic rings. The number of ketones is 1. The Morgan fingerprint density at radius 3 is 2.05 bits per heavy atom. The van der Waals surface area contributed by atoms with Crippen molar-refractivity contribution in [2.75, 3.05) is 19.8 Å². The third kappa shape index (κ3) is 26.2. The van der Waals surface area contributed by atoms with Gasteiger partial charge >= 0.3 is 0 Å². The molecule has 0 aliphatic carbocycles. The van der Waals surface area contributed by atoms with Gasteiger partial charge in [0.25, 0.3) is 0 Å². The van der Waals surface area contributed by atoms with E-state index in [2.05, 4.69) is 13.8 Å². The number of hydrogen-bond donors (Lipinski definition) is 2. The number of rotatable bonds is 8. The molecule has 0 radical (unpaired) electrons. The van der Waals surface area contributed by atoms with Crippen LogP contribution in [0.4, 0.5) is 0 Å². The molecule has 0 amide bonds. The topological polar surface area (TPSA) is 72.5 Å². The van der Waals surface area contributed by atoms with Gasteiger partial charge < -0.3 is 20.4 Å². The summed E-state index contributed by atoms with van der Waals surface area (Å²) in [5.74, 6) is 0.970. The predicted octanol–water partition coefficient (Wildman–Crippen LogP) is 3.16. The van der Waals surface area contributed by atoms with Crippen LogP contribution in [0.2, 0.25) is 0 Å². The van der Waals surface area contributed by atoms with Crippen LogP contribution in [0.3, 0.4) is 0 Å². The van der Waals surface area contributed by atoms with Crippen LogP contribution in [0.25, 0.3) is 0 Å². The number of aliphatic hydroxyl groups excluding tert-OH is 1. The summed E-state index contributed by atoms with van der Waals surface area (Å²) in [5.41, 5.74) is 5.02. The van der Waals surface area contributed by atoms with Gasteiger partial charge in [-0.05, 0) is 39.5 Å². The molecule has 3 N–H and O–H groups in total. The van der Waals surface area contributed by atoms with Gasteiger partial charge in [-0.25, -0.2) is 0 Å². The third-order valence-electron chi connectivity index (χ3n) is 2.40. The number of carbonyl (C=O) groups excluding carboxylic acids is 1. The van der Waals surface area contributed by atoms with Crippen molar-refractivity contribution in [1.82, 2.24) is 0 Å². The van der Waals surface area contributed by atoms with Gasteiger partial charge in [0.1, 0.15) is 5.78 Å². The highest BCUT2D eigenvalue weighted by atomic mass is 16.5. The summed E-state index contributed by atoms with van der Waals surface area (Å²) in [6.07, 6.45) is 2.44. The zero-order valence-electron chi connectivity index (χ0n) is 14.7. The van der Waals surface area contributed by atoms with E-state index in [1.807, 2.05) is 27.7 Å². The molecule has 0 aliphatic rings. The summed E-state index contributed by atoms with van der Waals surface area (Å²) in [7, 11) is 0. The van der Waals surface area contributed by atoms with E-state index in [0.717, 1.165) is 12.8 Å². The zero-order valence-corrected chi connectivity index (χ0v) is 14.7. The van der Waals surface area contributed by atoms with Crippen LogP contribution in [-0.4, -0.2) is 36.2 Å². The van der Waals surface area contributed by atoms with Crippen molar-refractivity contribution < 1.29 is 14.6 Å². The van der Waals surface area contributed by atoms with Gasteiger partial charge in [-0.3, -0.25) is 0 Å². The normalized spacial score (nSPS) is 10.3. The number of nitrogens with two attached hydrogens (primary N) is 1. The van der Waals surface area contributed by atoms with Crippen LogP contribution < -0.4 is 5.73 Å². The van der Waals surface area contributed by atoms with E-state index in [-0.39, 0.29) is 12.2 Å². The second-order valence-corrected chi connectivity index (χ2v) is 5.50. The molecule has 0 bridgehead atoms. The molecule has 0 saturated carbocycles. The molecule has 4 nitrogen and oxygen atoms in total. The lowest BCUT2D eigenvalue weighted by atomic mass is 10.1. The highest BCUT2D eigenvalue weighted by Gasteiger charge is 2.16. The van der Waals surface area contributed by atoms with Gasteiger partial charge in [-0.1, -0.05) is 27.7 Å². The summed E-state index contributed by atoms with van der Waals surface area (Å²) in [6, 6.07) is 0. The van der Waals surface area contributed by atoms with Crippen LogP contribution in [0.5, 0.6) is 0 Å². The van der Waals surface area contributed by atoms with Crippen LogP contribution in [-0.2, 0) is 9.53 Å². The fourth-order valence-corrected chi connectivity index (χ4v) is 1.17. The minimum Gasteiger partial charge on any atom is -0.396 e. The molecule has 0 unspecified atom stereocenters. The van der Waals surface area contributed by atoms with Crippen molar-refractivity contribution in [1.29, 1.82) is 0 Å². The molecule has 0 aromatic carbocycles. The van der Waals surface area contributed by atoms with Gasteiger partial charge in [0.15, 0.2) is 0 Å². The zero-order chi connectivity index (χ0) is 16.6. The molecule has 0 heterocycles. The minimum atomic E-state index is -0.228. The summed E-state index contributed by atoms with van der Waals surface area (Å²) in [5, 5.41) is 8.59. The molecule has 0 aliphatic heterocycles. The fourth-order valence-electron chi connectivity index (χ4n) is 1.17. The van der Waals surface area contributed by atoms with Crippen LogP contribution >= 0.6 is 0 Å². The number of Topliss-reactive ketones (excluding diaryl/α,β-unsaturated/α-hetero) is 1. The van der Waals surface area contributed by atoms with E-state index in [4.69, 9.17) is 15.6 Å². The van der Waals surface area contributed by atoms with E-state index >= 15 is 0 Å². The monoisotopic (exact) mass is 291 g/mol. The molecule has 0 saturated heterocycles. The lowest BCUT2D eigenvalue weighted by Gasteiger charge is -2.23. The quantitative estimate of drug-likeness (QED) is 0.720. The van der Waals surface area contributed by atoms with Gasteiger partial charge in [0.2, 0.25) is 0 Å². The van der Waals surface area contributed by atoms with Crippen molar-refractivity contribution in [2.24, 2.45) is 11.7 Å². The summed E-state index contributed by atoms with van der Waals surface area (Å²) in [4.78, 5) is 10.3. The summed E-state index contributed by atoms with van der Waals surface area (Å²) < 4.78 is 5.33. The van der Waals surface area contributed by atoms with E-state index in [1.54, 1.807) is 6.92 Å². The molecule has 0 atom stereocenters. The first-order chi connectivity index (χ1) is 9.25. The number of hydrogen-bond acceptors (Lipinski definition) is 4. The predicted molar refractivity (Wildman–Crippen MR) is 86.9 cm³/mol. The molecule has 124 valence electrons. The molecule has 20 heavy (non-hydrogen) atoms. The molecular formula is C16H37NO3. The number of carbonyl (C=O) groups is 1. The number of aliphatic hydroxyl groups is 1. The average Bonchev–Trinajstić information content (AvgIpc) is 2.37. The Bertz CT molecular complexity index is 204. The van der Waals surface area contributed by atoms with E-state index < -0.39 is 0 Å². The Kier molecular flexibility index (Phi) is 20.4. The van der Waals surface area contributed by atoms with Gasteiger partial charge in [-0.2, -0.15) is 0 Å². The summed E-state index contributed by atoms with van der Waals surface area (Å²) in [6.45, 7) is 15.0. The molecule has 0 aromatic heterocycles. The smallest absolute Gasteiger partial charge is 0.129 e. The SMILES string of the molecule is CC.CC(=O)CCC(C)C.CC(C)(CCO)OCCN. The molecule has 0 fully saturated rings. The van der Waals surface area contributed by atoms with E-state index in [9.17, 15) is 4.79 Å². The number of ether oxygens (including phenoxy) is 1. The van der Waals surface area contributed by atoms with Gasteiger partial charge in [0.05, 0.1) is 12.2 Å². The van der Waals surface area contributed by atoms with Crippen molar-refractivity contribution in [2.45, 2.75) is 73.3 Å². The van der Waals surface area contributed by atoms with E-state index in [1.165, 1.54) is 0 Å². The molecule has 0 spiro atoms. The van der Waals surface area contributed by atoms with E-state index in [0.29, 0.717) is 31.3 Å². The first-order valence-corrected chi connectivity index (χ1v) is 7.69. The van der Waals surface area contributed by atoms with Crippen LogP contribution in [0, 0.1) is 5.92 Å². The lowest BCUT2D eigenvalue weighted by Crippen LogP contribution is -2.28. The molecule has 4 heteroatoms. The van der Waals surface area contributed by atoms with Gasteiger partial charge in [-0.15, -0.1) is 0 Å². The Morgan fingerprint density at radius 2 is 1.80 bits per heavy atom. The highest BCUT2D eigenvalue weighted by Crippen LogP contribution is 2.12. The Labute approximate surface area is 126 Å². The third-order valence-corrected chi connectivity index (χ3v) is 2.40.